The molecule has 0 fully saturated rings. The lowest BCUT2D eigenvalue weighted by molar-refractivity contribution is -0.139. The fraction of sp³-hybridized carbons (Fsp3) is 0.786. The largest absolute Gasteiger partial charge is 0.462 e. The number of hydrogen-bond donors (Lipinski definition) is 1. The van der Waals surface area contributed by atoms with Crippen molar-refractivity contribution >= 4 is 5.97 Å². The molecule has 0 heterocycles. The van der Waals surface area contributed by atoms with Crippen LogP contribution in [0.5, 0.6) is 0 Å². The molecular formula is C14H26O3. The molecule has 0 saturated carbocycles. The summed E-state index contributed by atoms with van der Waals surface area (Å²) < 4.78 is 4.98. The number of rotatable bonds is 10. The second-order valence-corrected chi connectivity index (χ2v) is 4.56. The van der Waals surface area contributed by atoms with E-state index in [4.69, 9.17) is 4.74 Å². The van der Waals surface area contributed by atoms with Crippen LogP contribution in [0.2, 0.25) is 0 Å². The number of unbranched alkanes of at least 4 members (excludes halogenated alkanes) is 3. The first-order valence-electron chi connectivity index (χ1n) is 6.58. The first-order chi connectivity index (χ1) is 8.07. The molecule has 3 heteroatoms. The van der Waals surface area contributed by atoms with E-state index in [0.717, 1.165) is 44.9 Å². The number of ether oxygens (including phenoxy) is 1. The Bertz CT molecular complexity index is 224. The van der Waals surface area contributed by atoms with Crippen LogP contribution in [-0.4, -0.2) is 23.8 Å². The highest BCUT2D eigenvalue weighted by molar-refractivity contribution is 5.86. The maximum absolute atomic E-state index is 11.0. The summed E-state index contributed by atoms with van der Waals surface area (Å²) in [5.74, 6) is -0.302. The summed E-state index contributed by atoms with van der Waals surface area (Å²) in [7, 11) is 0. The average Bonchev–Trinajstić information content (AvgIpc) is 2.27. The Balaban J connectivity index is 3.24. The van der Waals surface area contributed by atoms with E-state index in [1.165, 1.54) is 0 Å². The van der Waals surface area contributed by atoms with Gasteiger partial charge < -0.3 is 9.84 Å². The lowest BCUT2D eigenvalue weighted by Crippen LogP contribution is -2.06. The molecule has 1 atom stereocenters. The molecule has 0 aromatic heterocycles. The molecule has 0 bridgehead atoms. The fourth-order valence-electron chi connectivity index (χ4n) is 1.60. The van der Waals surface area contributed by atoms with Gasteiger partial charge >= 0.3 is 5.97 Å². The van der Waals surface area contributed by atoms with Crippen LogP contribution in [0.25, 0.3) is 0 Å². The summed E-state index contributed by atoms with van der Waals surface area (Å²) in [5.41, 5.74) is 0.452. The van der Waals surface area contributed by atoms with E-state index < -0.39 is 0 Å². The number of esters is 1. The predicted octanol–water partition coefficient (Wildman–Crippen LogP) is 3.22. The van der Waals surface area contributed by atoms with Crippen molar-refractivity contribution in [3.05, 3.63) is 12.2 Å². The highest BCUT2D eigenvalue weighted by atomic mass is 16.5. The third kappa shape index (κ3) is 10.1. The van der Waals surface area contributed by atoms with Crippen LogP contribution in [0.4, 0.5) is 0 Å². The zero-order valence-electron chi connectivity index (χ0n) is 11.2. The molecule has 0 aliphatic carbocycles. The molecule has 0 rings (SSSR count). The van der Waals surface area contributed by atoms with Gasteiger partial charge in [-0.3, -0.25) is 0 Å². The topological polar surface area (TPSA) is 46.5 Å². The molecule has 0 radical (unpaired) electrons. The molecule has 0 aromatic rings. The summed E-state index contributed by atoms with van der Waals surface area (Å²) in [6.45, 7) is 7.73. The lowest BCUT2D eigenvalue weighted by Gasteiger charge is -2.08. The van der Waals surface area contributed by atoms with Crippen molar-refractivity contribution in [3.63, 3.8) is 0 Å². The van der Waals surface area contributed by atoms with E-state index in [0.29, 0.717) is 12.2 Å². The quantitative estimate of drug-likeness (QED) is 0.363. The zero-order valence-corrected chi connectivity index (χ0v) is 11.2. The van der Waals surface area contributed by atoms with Gasteiger partial charge in [0, 0.05) is 5.57 Å². The minimum Gasteiger partial charge on any atom is -0.462 e. The number of hydrogen-bond acceptors (Lipinski definition) is 3. The summed E-state index contributed by atoms with van der Waals surface area (Å²) >= 11 is 0. The lowest BCUT2D eigenvalue weighted by atomic mass is 10.1. The minimum atomic E-state index is -0.302. The van der Waals surface area contributed by atoms with Gasteiger partial charge in [-0.2, -0.15) is 0 Å². The van der Waals surface area contributed by atoms with E-state index in [-0.39, 0.29) is 12.1 Å². The molecule has 100 valence electrons. The molecule has 0 aliphatic heterocycles. The maximum Gasteiger partial charge on any atom is 0.333 e. The Morgan fingerprint density at radius 2 is 1.88 bits per heavy atom. The van der Waals surface area contributed by atoms with Gasteiger partial charge in [-0.05, 0) is 26.2 Å². The third-order valence-electron chi connectivity index (χ3n) is 2.64. The van der Waals surface area contributed by atoms with E-state index >= 15 is 0 Å². The molecule has 0 aliphatic rings. The van der Waals surface area contributed by atoms with Crippen LogP contribution < -0.4 is 0 Å². The highest BCUT2D eigenvalue weighted by Crippen LogP contribution is 2.09. The van der Waals surface area contributed by atoms with Crippen LogP contribution in [0.15, 0.2) is 12.2 Å². The molecule has 0 aromatic carbocycles. The molecule has 1 N–H and O–H groups in total. The van der Waals surface area contributed by atoms with Crippen LogP contribution in [0, 0.1) is 0 Å². The third-order valence-corrected chi connectivity index (χ3v) is 2.64. The SMILES string of the molecule is C=C(C)C(=O)OCCCCCCC(O)CCC. The number of aliphatic hydroxyl groups excluding tert-OH is 1. The van der Waals surface area contributed by atoms with E-state index in [2.05, 4.69) is 13.5 Å². The normalized spacial score (nSPS) is 12.2. The predicted molar refractivity (Wildman–Crippen MR) is 69.8 cm³/mol. The average molecular weight is 242 g/mol. The summed E-state index contributed by atoms with van der Waals surface area (Å²) in [6.07, 6.45) is 6.76. The van der Waals surface area contributed by atoms with Crippen molar-refractivity contribution in [1.29, 1.82) is 0 Å². The van der Waals surface area contributed by atoms with Crippen molar-refractivity contribution < 1.29 is 14.6 Å². The van der Waals surface area contributed by atoms with Gasteiger partial charge in [0.2, 0.25) is 0 Å². The van der Waals surface area contributed by atoms with Gasteiger partial charge in [-0.25, -0.2) is 4.79 Å². The molecule has 3 nitrogen and oxygen atoms in total. The van der Waals surface area contributed by atoms with Gasteiger partial charge in [-0.1, -0.05) is 39.2 Å². The molecule has 1 unspecified atom stereocenters. The Morgan fingerprint density at radius 3 is 2.47 bits per heavy atom. The number of carbonyl (C=O) groups excluding carboxylic acids is 1. The van der Waals surface area contributed by atoms with Crippen molar-refractivity contribution in [2.75, 3.05) is 6.61 Å². The molecule has 0 saturated heterocycles. The van der Waals surface area contributed by atoms with Crippen molar-refractivity contribution in [2.24, 2.45) is 0 Å². The van der Waals surface area contributed by atoms with E-state index in [1.54, 1.807) is 6.92 Å². The zero-order chi connectivity index (χ0) is 13.1. The molecule has 0 spiro atoms. The van der Waals surface area contributed by atoms with Crippen molar-refractivity contribution in [3.8, 4) is 0 Å². The Morgan fingerprint density at radius 1 is 1.24 bits per heavy atom. The summed E-state index contributed by atoms with van der Waals surface area (Å²) in [4.78, 5) is 11.0. The Hall–Kier alpha value is -0.830. The second kappa shape index (κ2) is 10.3. The van der Waals surface area contributed by atoms with Crippen LogP contribution in [0.1, 0.15) is 58.8 Å². The van der Waals surface area contributed by atoms with Crippen molar-refractivity contribution in [1.82, 2.24) is 0 Å². The van der Waals surface area contributed by atoms with Gasteiger partial charge in [0.15, 0.2) is 0 Å². The van der Waals surface area contributed by atoms with Crippen LogP contribution in [-0.2, 0) is 9.53 Å². The van der Waals surface area contributed by atoms with Gasteiger partial charge in [0.1, 0.15) is 0 Å². The Labute approximate surface area is 105 Å². The maximum atomic E-state index is 11.0. The Kier molecular flexibility index (Phi) is 9.83. The van der Waals surface area contributed by atoms with Gasteiger partial charge in [-0.15, -0.1) is 0 Å². The number of aliphatic hydroxyl groups is 1. The fourth-order valence-corrected chi connectivity index (χ4v) is 1.60. The van der Waals surface area contributed by atoms with Crippen LogP contribution in [0.3, 0.4) is 0 Å². The summed E-state index contributed by atoms with van der Waals surface area (Å²) in [6, 6.07) is 0. The standard InChI is InChI=1S/C14H26O3/c1-4-9-13(15)10-7-5-6-8-11-17-14(16)12(2)3/h13,15H,2,4-11H2,1,3H3. The molecule has 0 amide bonds. The van der Waals surface area contributed by atoms with Crippen LogP contribution >= 0.6 is 0 Å². The second-order valence-electron chi connectivity index (χ2n) is 4.56. The smallest absolute Gasteiger partial charge is 0.333 e. The minimum absolute atomic E-state index is 0.138. The van der Waals surface area contributed by atoms with Gasteiger partial charge in [0.05, 0.1) is 12.7 Å². The van der Waals surface area contributed by atoms with Gasteiger partial charge in [0.25, 0.3) is 0 Å². The first kappa shape index (κ1) is 16.2. The van der Waals surface area contributed by atoms with E-state index in [1.807, 2.05) is 0 Å². The molecular weight excluding hydrogens is 216 g/mol. The monoisotopic (exact) mass is 242 g/mol. The first-order valence-corrected chi connectivity index (χ1v) is 6.58. The highest BCUT2D eigenvalue weighted by Gasteiger charge is 2.03. The van der Waals surface area contributed by atoms with E-state index in [9.17, 15) is 9.90 Å². The number of carbonyl (C=O) groups is 1. The summed E-state index contributed by atoms with van der Waals surface area (Å²) in [5, 5.41) is 9.51. The van der Waals surface area contributed by atoms with Crippen molar-refractivity contribution in [2.45, 2.75) is 64.9 Å². The molecule has 17 heavy (non-hydrogen) atoms.